The Hall–Kier alpha value is -3.14. The third kappa shape index (κ3) is 4.77. The van der Waals surface area contributed by atoms with Crippen LogP contribution in [-0.4, -0.2) is 16.9 Å². The summed E-state index contributed by atoms with van der Waals surface area (Å²) in [6, 6.07) is 4.49. The molecule has 0 saturated heterocycles. The molecule has 0 atom stereocenters. The number of nitro benzene ring substituents is 1. The molecule has 2 rings (SSSR count). The van der Waals surface area contributed by atoms with Crippen molar-refractivity contribution in [2.24, 2.45) is 0 Å². The molecule has 0 heterocycles. The summed E-state index contributed by atoms with van der Waals surface area (Å²) < 4.78 is 47.9. The minimum atomic E-state index is -4.60. The summed E-state index contributed by atoms with van der Waals surface area (Å²) in [5, 5.41) is 10.9. The number of hydrogen-bond donors (Lipinski definition) is 0. The zero-order valence-electron chi connectivity index (χ0n) is 14.3. The molecule has 7 nitrogen and oxygen atoms in total. The first-order valence-corrected chi connectivity index (χ1v) is 7.84. The molecule has 0 unspecified atom stereocenters. The van der Waals surface area contributed by atoms with E-state index in [-0.39, 0.29) is 22.1 Å². The van der Waals surface area contributed by atoms with Gasteiger partial charge in [0.15, 0.2) is 0 Å². The summed E-state index contributed by atoms with van der Waals surface area (Å²) in [6.45, 7) is 2.25. The molecule has 0 amide bonds. The Labute approximate surface area is 160 Å². The second kappa shape index (κ2) is 7.85. The molecule has 0 aliphatic heterocycles. The van der Waals surface area contributed by atoms with Crippen molar-refractivity contribution >= 4 is 29.2 Å². The Balaban J connectivity index is 2.47. The average Bonchev–Trinajstić information content (AvgIpc) is 2.54. The van der Waals surface area contributed by atoms with Crippen LogP contribution >= 0.6 is 11.6 Å². The average molecular weight is 418 g/mol. The normalized spacial score (nSPS) is 11.1. The second-order valence-corrected chi connectivity index (χ2v) is 5.93. The summed E-state index contributed by atoms with van der Waals surface area (Å²) in [5.74, 6) is -2.55. The zero-order chi connectivity index (χ0) is 21.2. The number of alkyl halides is 3. The lowest BCUT2D eigenvalue weighted by molar-refractivity contribution is -0.385. The molecule has 0 bridgehead atoms. The minimum Gasteiger partial charge on any atom is -0.456 e. The SMILES string of the molecule is CC(=O)OC(=O)c1cc(Oc2ccc(C(F)(F)F)cc2Cl)cc(C)c1[N+](=O)[O-]. The van der Waals surface area contributed by atoms with E-state index >= 15 is 0 Å². The smallest absolute Gasteiger partial charge is 0.416 e. The van der Waals surface area contributed by atoms with Gasteiger partial charge in [0.1, 0.15) is 17.1 Å². The second-order valence-electron chi connectivity index (χ2n) is 5.52. The van der Waals surface area contributed by atoms with E-state index < -0.39 is 39.9 Å². The van der Waals surface area contributed by atoms with Gasteiger partial charge < -0.3 is 9.47 Å². The summed E-state index contributed by atoms with van der Waals surface area (Å²) in [4.78, 5) is 33.4. The largest absolute Gasteiger partial charge is 0.456 e. The molecule has 11 heteroatoms. The summed E-state index contributed by atoms with van der Waals surface area (Å²) >= 11 is 5.81. The van der Waals surface area contributed by atoms with Gasteiger partial charge in [-0.1, -0.05) is 11.6 Å². The number of carbonyl (C=O) groups excluding carboxylic acids is 2. The highest BCUT2D eigenvalue weighted by molar-refractivity contribution is 6.32. The standard InChI is InChI=1S/C17H11ClF3NO6/c1-8-5-11(7-12(15(8)22(25)26)16(24)27-9(2)23)28-14-4-3-10(6-13(14)18)17(19,20)21/h3-7H,1-2H3. The molecule has 2 aromatic carbocycles. The molecule has 0 saturated carbocycles. The Morgan fingerprint density at radius 3 is 2.32 bits per heavy atom. The monoisotopic (exact) mass is 417 g/mol. The van der Waals surface area contributed by atoms with Gasteiger partial charge in [0, 0.05) is 18.6 Å². The van der Waals surface area contributed by atoms with Crippen molar-refractivity contribution in [2.75, 3.05) is 0 Å². The van der Waals surface area contributed by atoms with Gasteiger partial charge in [0.05, 0.1) is 15.5 Å². The lowest BCUT2D eigenvalue weighted by Crippen LogP contribution is -2.12. The van der Waals surface area contributed by atoms with Crippen molar-refractivity contribution in [1.29, 1.82) is 0 Å². The Morgan fingerprint density at radius 1 is 1.18 bits per heavy atom. The van der Waals surface area contributed by atoms with E-state index in [1.165, 1.54) is 13.0 Å². The van der Waals surface area contributed by atoms with Gasteiger partial charge in [0.2, 0.25) is 0 Å². The maximum absolute atomic E-state index is 12.7. The minimum absolute atomic E-state index is 0.000959. The number of halogens is 4. The third-order valence-electron chi connectivity index (χ3n) is 3.40. The van der Waals surface area contributed by atoms with Crippen LogP contribution in [0.5, 0.6) is 11.5 Å². The maximum atomic E-state index is 12.7. The van der Waals surface area contributed by atoms with Gasteiger partial charge in [-0.2, -0.15) is 13.2 Å². The number of hydrogen-bond acceptors (Lipinski definition) is 6. The first-order chi connectivity index (χ1) is 12.9. The molecule has 28 heavy (non-hydrogen) atoms. The fraction of sp³-hybridized carbons (Fsp3) is 0.176. The fourth-order valence-corrected chi connectivity index (χ4v) is 2.49. The highest BCUT2D eigenvalue weighted by atomic mass is 35.5. The van der Waals surface area contributed by atoms with Gasteiger partial charge in [-0.3, -0.25) is 14.9 Å². The number of carbonyl (C=O) groups is 2. The molecule has 0 aliphatic carbocycles. The number of nitrogens with zero attached hydrogens (tertiary/aromatic N) is 1. The van der Waals surface area contributed by atoms with Crippen LogP contribution in [0, 0.1) is 17.0 Å². The van der Waals surface area contributed by atoms with Crippen molar-refractivity contribution in [1.82, 2.24) is 0 Å². The molecule has 2 aromatic rings. The summed E-state index contributed by atoms with van der Waals surface area (Å²) in [6.07, 6.45) is -4.60. The van der Waals surface area contributed by atoms with Crippen LogP contribution < -0.4 is 4.74 Å². The fourth-order valence-electron chi connectivity index (χ4n) is 2.28. The quantitative estimate of drug-likeness (QED) is 0.298. The van der Waals surface area contributed by atoms with Gasteiger partial charge in [-0.15, -0.1) is 0 Å². The Bertz CT molecular complexity index is 974. The van der Waals surface area contributed by atoms with E-state index in [4.69, 9.17) is 16.3 Å². The molecular formula is C17H11ClF3NO6. The van der Waals surface area contributed by atoms with E-state index in [1.54, 1.807) is 0 Å². The zero-order valence-corrected chi connectivity index (χ0v) is 15.1. The highest BCUT2D eigenvalue weighted by Crippen LogP contribution is 2.38. The van der Waals surface area contributed by atoms with Crippen molar-refractivity contribution in [3.63, 3.8) is 0 Å². The van der Waals surface area contributed by atoms with Crippen molar-refractivity contribution < 1.29 is 37.2 Å². The highest BCUT2D eigenvalue weighted by Gasteiger charge is 2.31. The predicted molar refractivity (Wildman–Crippen MR) is 90.5 cm³/mol. The Kier molecular flexibility index (Phi) is 5.93. The predicted octanol–water partition coefficient (Wildman–Crippen LogP) is 5.07. The van der Waals surface area contributed by atoms with Gasteiger partial charge in [-0.25, -0.2) is 4.79 Å². The van der Waals surface area contributed by atoms with Crippen LogP contribution in [-0.2, 0) is 15.7 Å². The molecule has 0 fully saturated rings. The maximum Gasteiger partial charge on any atom is 0.416 e. The van der Waals surface area contributed by atoms with Crippen LogP contribution in [0.1, 0.15) is 28.4 Å². The topological polar surface area (TPSA) is 95.7 Å². The number of ether oxygens (including phenoxy) is 2. The molecule has 0 radical (unpaired) electrons. The first-order valence-electron chi connectivity index (χ1n) is 7.46. The van der Waals surface area contributed by atoms with Crippen molar-refractivity contribution in [3.8, 4) is 11.5 Å². The van der Waals surface area contributed by atoms with Gasteiger partial charge >= 0.3 is 18.1 Å². The number of benzene rings is 2. The van der Waals surface area contributed by atoms with E-state index in [0.717, 1.165) is 25.1 Å². The summed E-state index contributed by atoms with van der Waals surface area (Å²) in [5.41, 5.74) is -2.15. The molecule has 0 aromatic heterocycles. The number of aryl methyl sites for hydroxylation is 1. The third-order valence-corrected chi connectivity index (χ3v) is 3.70. The van der Waals surface area contributed by atoms with Crippen LogP contribution in [0.15, 0.2) is 30.3 Å². The molecule has 0 aliphatic rings. The van der Waals surface area contributed by atoms with Crippen molar-refractivity contribution in [3.05, 3.63) is 62.2 Å². The van der Waals surface area contributed by atoms with Gasteiger partial charge in [-0.05, 0) is 31.2 Å². The van der Waals surface area contributed by atoms with Gasteiger partial charge in [0.25, 0.3) is 5.69 Å². The van der Waals surface area contributed by atoms with Crippen LogP contribution in [0.25, 0.3) is 0 Å². The lowest BCUT2D eigenvalue weighted by atomic mass is 10.1. The molecule has 148 valence electrons. The van der Waals surface area contributed by atoms with Crippen LogP contribution in [0.4, 0.5) is 18.9 Å². The number of esters is 2. The van der Waals surface area contributed by atoms with Crippen LogP contribution in [0.3, 0.4) is 0 Å². The van der Waals surface area contributed by atoms with E-state index in [9.17, 15) is 32.9 Å². The van der Waals surface area contributed by atoms with Crippen LogP contribution in [0.2, 0.25) is 5.02 Å². The molecule has 0 N–H and O–H groups in total. The van der Waals surface area contributed by atoms with E-state index in [2.05, 4.69) is 4.74 Å². The number of nitro groups is 1. The number of rotatable bonds is 4. The Morgan fingerprint density at radius 2 is 1.82 bits per heavy atom. The van der Waals surface area contributed by atoms with E-state index in [1.807, 2.05) is 0 Å². The molecular weight excluding hydrogens is 407 g/mol. The lowest BCUT2D eigenvalue weighted by Gasteiger charge is -2.12. The molecule has 0 spiro atoms. The first kappa shape index (κ1) is 21.2. The van der Waals surface area contributed by atoms with Crippen molar-refractivity contribution in [2.45, 2.75) is 20.0 Å². The summed E-state index contributed by atoms with van der Waals surface area (Å²) in [7, 11) is 0. The van der Waals surface area contributed by atoms with E-state index in [0.29, 0.717) is 6.07 Å².